The molecule has 0 bridgehead atoms. The summed E-state index contributed by atoms with van der Waals surface area (Å²) in [6.45, 7) is 3.11. The number of ether oxygens (including phenoxy) is 2. The van der Waals surface area contributed by atoms with Gasteiger partial charge in [-0.05, 0) is 31.3 Å². The Morgan fingerprint density at radius 2 is 1.61 bits per heavy atom. The van der Waals surface area contributed by atoms with E-state index in [0.29, 0.717) is 24.3 Å². The number of esters is 2. The molecule has 0 spiro atoms. The molecule has 1 amide bonds. The minimum Gasteiger partial charge on any atom is -0.465 e. The average Bonchev–Trinajstić information content (AvgIpc) is 3.02. The Morgan fingerprint density at radius 3 is 2.29 bits per heavy atom. The number of piperazine rings is 1. The fourth-order valence-electron chi connectivity index (χ4n) is 3.35. The summed E-state index contributed by atoms with van der Waals surface area (Å²) in [5.41, 5.74) is 3.68. The molecular formula is C22H26N4O5. The number of amides is 1. The predicted octanol–water partition coefficient (Wildman–Crippen LogP) is 1.07. The van der Waals surface area contributed by atoms with Crippen LogP contribution in [0.4, 0.5) is 5.69 Å². The van der Waals surface area contributed by atoms with Crippen LogP contribution in [0.3, 0.4) is 0 Å². The van der Waals surface area contributed by atoms with E-state index < -0.39 is 11.9 Å². The Hall–Kier alpha value is -3.43. The van der Waals surface area contributed by atoms with Crippen molar-refractivity contribution < 1.29 is 23.9 Å². The number of hydrazine groups is 1. The second-order valence-electron chi connectivity index (χ2n) is 7.06. The largest absolute Gasteiger partial charge is 0.465 e. The normalized spacial score (nSPS) is 17.3. The zero-order chi connectivity index (χ0) is 22.4. The van der Waals surface area contributed by atoms with Crippen LogP contribution in [0.2, 0.25) is 0 Å². The summed E-state index contributed by atoms with van der Waals surface area (Å²) in [4.78, 5) is 41.8. The molecule has 2 aliphatic rings. The topological polar surface area (TPSA) is 91.4 Å². The number of nitrogens with zero attached hydrogens (tertiary/aromatic N) is 3. The molecule has 9 nitrogen and oxygen atoms in total. The molecule has 0 saturated carbocycles. The van der Waals surface area contributed by atoms with Crippen molar-refractivity contribution in [1.82, 2.24) is 15.3 Å². The molecule has 1 saturated heterocycles. The van der Waals surface area contributed by atoms with Crippen molar-refractivity contribution in [2.75, 3.05) is 52.3 Å². The molecule has 164 valence electrons. The molecule has 0 radical (unpaired) electrons. The second-order valence-corrected chi connectivity index (χ2v) is 7.06. The van der Waals surface area contributed by atoms with E-state index in [1.165, 1.54) is 25.2 Å². The third-order valence-electron chi connectivity index (χ3n) is 5.06. The van der Waals surface area contributed by atoms with Gasteiger partial charge in [0.1, 0.15) is 5.70 Å². The molecule has 31 heavy (non-hydrogen) atoms. The number of benzene rings is 1. The van der Waals surface area contributed by atoms with Crippen LogP contribution in [0.15, 0.2) is 60.0 Å². The number of nitrogens with one attached hydrogen (secondary N) is 1. The smallest absolute Gasteiger partial charge is 0.355 e. The van der Waals surface area contributed by atoms with Crippen LogP contribution >= 0.6 is 0 Å². The Labute approximate surface area is 181 Å². The highest BCUT2D eigenvalue weighted by Gasteiger charge is 2.29. The van der Waals surface area contributed by atoms with Gasteiger partial charge in [-0.3, -0.25) is 10.2 Å². The van der Waals surface area contributed by atoms with Gasteiger partial charge in [0.2, 0.25) is 0 Å². The first-order chi connectivity index (χ1) is 15.0. The van der Waals surface area contributed by atoms with E-state index in [0.717, 1.165) is 13.1 Å². The quantitative estimate of drug-likeness (QED) is 0.700. The van der Waals surface area contributed by atoms with Crippen molar-refractivity contribution in [2.45, 2.75) is 0 Å². The Bertz CT molecular complexity index is 945. The third-order valence-corrected chi connectivity index (χ3v) is 5.06. The van der Waals surface area contributed by atoms with Crippen molar-refractivity contribution in [3.63, 3.8) is 0 Å². The number of hydrogen-bond donors (Lipinski definition) is 1. The lowest BCUT2D eigenvalue weighted by Gasteiger charge is -2.33. The summed E-state index contributed by atoms with van der Waals surface area (Å²) in [6, 6.07) is 6.86. The maximum atomic E-state index is 13.1. The van der Waals surface area contributed by atoms with E-state index in [9.17, 15) is 14.4 Å². The van der Waals surface area contributed by atoms with E-state index in [4.69, 9.17) is 9.47 Å². The maximum Gasteiger partial charge on any atom is 0.355 e. The lowest BCUT2D eigenvalue weighted by molar-refractivity contribution is -0.139. The van der Waals surface area contributed by atoms with Gasteiger partial charge in [-0.25, -0.2) is 14.6 Å². The summed E-state index contributed by atoms with van der Waals surface area (Å²) < 4.78 is 9.77. The lowest BCUT2D eigenvalue weighted by atomic mass is 10.1. The van der Waals surface area contributed by atoms with Crippen LogP contribution in [-0.2, 0) is 19.1 Å². The summed E-state index contributed by atoms with van der Waals surface area (Å²) in [5, 5.41) is 1.87. The average molecular weight is 426 g/mol. The number of likely N-dealkylation sites (N-methyl/N-ethyl adjacent to an activating group) is 1. The van der Waals surface area contributed by atoms with Crippen molar-refractivity contribution >= 4 is 23.5 Å². The van der Waals surface area contributed by atoms with Crippen LogP contribution in [0, 0.1) is 0 Å². The van der Waals surface area contributed by atoms with Crippen molar-refractivity contribution in [3.8, 4) is 0 Å². The van der Waals surface area contributed by atoms with Crippen LogP contribution in [0.1, 0.15) is 10.4 Å². The van der Waals surface area contributed by atoms with Gasteiger partial charge in [0.05, 0.1) is 31.0 Å². The van der Waals surface area contributed by atoms with Gasteiger partial charge < -0.3 is 19.3 Å². The standard InChI is InChI=1S/C22H26N4O5/c1-24-12-14-25(15-13-24)23-20(27)16-8-4-5-10-18(16)26-11-7-6-9-17(21(28)30-2)19(26)22(29)31-3/h4-11H,12-15H2,1-3H3,(H,23,27). The molecule has 0 unspecified atom stereocenters. The summed E-state index contributed by atoms with van der Waals surface area (Å²) in [5.74, 6) is -1.73. The highest BCUT2D eigenvalue weighted by Crippen LogP contribution is 2.29. The molecule has 2 aliphatic heterocycles. The first kappa shape index (κ1) is 22.3. The van der Waals surface area contributed by atoms with Crippen LogP contribution in [0.5, 0.6) is 0 Å². The maximum absolute atomic E-state index is 13.1. The minimum atomic E-state index is -0.731. The molecule has 0 atom stereocenters. The fraction of sp³-hybridized carbons (Fsp3) is 0.318. The van der Waals surface area contributed by atoms with Gasteiger partial charge in [-0.1, -0.05) is 18.2 Å². The van der Waals surface area contributed by atoms with Crippen molar-refractivity contribution in [3.05, 3.63) is 65.5 Å². The minimum absolute atomic E-state index is 0.0219. The molecule has 2 heterocycles. The highest BCUT2D eigenvalue weighted by molar-refractivity contribution is 6.07. The number of allylic oxidation sites excluding steroid dienone is 2. The molecule has 9 heteroatoms. The zero-order valence-electron chi connectivity index (χ0n) is 17.8. The number of hydrogen-bond acceptors (Lipinski definition) is 8. The number of para-hydroxylation sites is 1. The van der Waals surface area contributed by atoms with Gasteiger partial charge in [0.25, 0.3) is 5.91 Å². The summed E-state index contributed by atoms with van der Waals surface area (Å²) in [6.07, 6.45) is 6.35. The molecule has 1 N–H and O–H groups in total. The molecule has 3 rings (SSSR count). The molecule has 0 aliphatic carbocycles. The molecular weight excluding hydrogens is 400 g/mol. The number of rotatable bonds is 5. The number of carbonyl (C=O) groups is 3. The van der Waals surface area contributed by atoms with Gasteiger partial charge in [-0.15, -0.1) is 0 Å². The van der Waals surface area contributed by atoms with Crippen LogP contribution < -0.4 is 10.3 Å². The van der Waals surface area contributed by atoms with Gasteiger partial charge >= 0.3 is 11.9 Å². The molecule has 1 aromatic rings. The molecule has 1 fully saturated rings. The van der Waals surface area contributed by atoms with Crippen molar-refractivity contribution in [2.24, 2.45) is 0 Å². The van der Waals surface area contributed by atoms with Gasteiger partial charge in [0, 0.05) is 32.4 Å². The number of anilines is 1. The second kappa shape index (κ2) is 10.1. The van der Waals surface area contributed by atoms with E-state index in [1.54, 1.807) is 42.6 Å². The van der Waals surface area contributed by atoms with Crippen LogP contribution in [-0.4, -0.2) is 75.2 Å². The van der Waals surface area contributed by atoms with Gasteiger partial charge in [-0.2, -0.15) is 0 Å². The number of methoxy groups -OCH3 is 2. The predicted molar refractivity (Wildman–Crippen MR) is 115 cm³/mol. The van der Waals surface area contributed by atoms with Gasteiger partial charge in [0.15, 0.2) is 0 Å². The Balaban J connectivity index is 2.00. The zero-order valence-corrected chi connectivity index (χ0v) is 17.8. The van der Waals surface area contributed by atoms with E-state index in [2.05, 4.69) is 10.3 Å². The summed E-state index contributed by atoms with van der Waals surface area (Å²) in [7, 11) is 4.50. The fourth-order valence-corrected chi connectivity index (χ4v) is 3.35. The SMILES string of the molecule is COC(=O)C1=C(C(=O)OC)N(c2ccccc2C(=O)NN2CCN(C)CC2)C=CC=C1. The van der Waals surface area contributed by atoms with Crippen molar-refractivity contribution in [1.29, 1.82) is 0 Å². The third kappa shape index (κ3) is 5.01. The monoisotopic (exact) mass is 426 g/mol. The van der Waals surface area contributed by atoms with E-state index >= 15 is 0 Å². The van der Waals surface area contributed by atoms with E-state index in [-0.39, 0.29) is 17.2 Å². The first-order valence-corrected chi connectivity index (χ1v) is 9.84. The van der Waals surface area contributed by atoms with E-state index in [1.807, 2.05) is 12.1 Å². The molecule has 1 aromatic carbocycles. The lowest BCUT2D eigenvalue weighted by Crippen LogP contribution is -2.52. The Morgan fingerprint density at radius 1 is 0.935 bits per heavy atom. The molecule has 0 aromatic heterocycles. The highest BCUT2D eigenvalue weighted by atomic mass is 16.5. The number of carbonyl (C=O) groups excluding carboxylic acids is 3. The first-order valence-electron chi connectivity index (χ1n) is 9.84. The Kier molecular flexibility index (Phi) is 7.22. The summed E-state index contributed by atoms with van der Waals surface area (Å²) >= 11 is 0. The van der Waals surface area contributed by atoms with Crippen LogP contribution in [0.25, 0.3) is 0 Å².